The lowest BCUT2D eigenvalue weighted by atomic mass is 10.4. The van der Waals surface area contributed by atoms with Gasteiger partial charge in [-0.15, -0.1) is 0 Å². The number of aromatic amines is 1. The number of aliphatic carboxylic acids is 1. The molecule has 0 atom stereocenters. The zero-order chi connectivity index (χ0) is 9.14. The van der Waals surface area contributed by atoms with Gasteiger partial charge in [-0.3, -0.25) is 9.59 Å². The molecule has 1 aromatic heterocycles. The van der Waals surface area contributed by atoms with Gasteiger partial charge in [0.15, 0.2) is 0 Å². The Bertz CT molecular complexity index is 360. The third-order valence-electron chi connectivity index (χ3n) is 1.13. The molecule has 0 unspecified atom stereocenters. The van der Waals surface area contributed by atoms with E-state index in [-0.39, 0.29) is 22.3 Å². The van der Waals surface area contributed by atoms with E-state index in [2.05, 4.69) is 25.9 Å². The molecule has 0 amide bonds. The van der Waals surface area contributed by atoms with Crippen LogP contribution in [0.15, 0.2) is 15.5 Å². The van der Waals surface area contributed by atoms with E-state index in [0.29, 0.717) is 0 Å². The first-order valence-corrected chi connectivity index (χ1v) is 3.84. The number of carboxylic acid groups (broad SMARTS) is 1. The number of nitrogens with zero attached hydrogens (tertiary/aromatic N) is 1. The van der Waals surface area contributed by atoms with E-state index in [0.717, 1.165) is 0 Å². The highest BCUT2D eigenvalue weighted by atomic mass is 79.9. The van der Waals surface area contributed by atoms with Crippen LogP contribution in [0.4, 0.5) is 0 Å². The number of carbonyl (C=O) groups is 1. The maximum atomic E-state index is 10.9. The molecule has 5 nitrogen and oxygen atoms in total. The molecule has 0 aromatic carbocycles. The Labute approximate surface area is 75.6 Å². The summed E-state index contributed by atoms with van der Waals surface area (Å²) >= 11 is 2.94. The maximum absolute atomic E-state index is 10.9. The van der Waals surface area contributed by atoms with Gasteiger partial charge in [0.1, 0.15) is 16.7 Å². The lowest BCUT2D eigenvalue weighted by Gasteiger charge is -1.94. The fourth-order valence-corrected chi connectivity index (χ4v) is 0.851. The normalized spacial score (nSPS) is 9.75. The number of hydrogen-bond donors (Lipinski definition) is 2. The average Bonchev–Trinajstić information content (AvgIpc) is 1.96. The number of halogens is 1. The highest BCUT2D eigenvalue weighted by molar-refractivity contribution is 9.10. The van der Waals surface area contributed by atoms with Gasteiger partial charge < -0.3 is 10.1 Å². The van der Waals surface area contributed by atoms with Crippen molar-refractivity contribution in [1.82, 2.24) is 9.97 Å². The molecule has 0 aliphatic heterocycles. The Morgan fingerprint density at radius 3 is 2.92 bits per heavy atom. The van der Waals surface area contributed by atoms with Gasteiger partial charge in [-0.2, -0.15) is 0 Å². The monoisotopic (exact) mass is 232 g/mol. The van der Waals surface area contributed by atoms with Crippen molar-refractivity contribution < 1.29 is 9.90 Å². The van der Waals surface area contributed by atoms with Crippen molar-refractivity contribution in [2.75, 3.05) is 0 Å². The summed E-state index contributed by atoms with van der Waals surface area (Å²) in [5.74, 6) is -0.879. The van der Waals surface area contributed by atoms with Crippen molar-refractivity contribution in [3.63, 3.8) is 0 Å². The van der Waals surface area contributed by atoms with Crippen LogP contribution in [0.3, 0.4) is 0 Å². The lowest BCUT2D eigenvalue weighted by molar-refractivity contribution is -0.136. The van der Waals surface area contributed by atoms with Crippen LogP contribution in [0.2, 0.25) is 0 Å². The molecule has 6 heteroatoms. The van der Waals surface area contributed by atoms with E-state index < -0.39 is 5.97 Å². The van der Waals surface area contributed by atoms with Crippen LogP contribution in [-0.2, 0) is 11.2 Å². The van der Waals surface area contributed by atoms with Crippen LogP contribution in [0.25, 0.3) is 0 Å². The summed E-state index contributed by atoms with van der Waals surface area (Å²) in [5, 5.41) is 8.35. The van der Waals surface area contributed by atoms with Gasteiger partial charge in [-0.1, -0.05) is 0 Å². The minimum atomic E-state index is -1.03. The molecule has 0 fully saturated rings. The molecule has 1 heterocycles. The fourth-order valence-electron chi connectivity index (χ4n) is 0.649. The summed E-state index contributed by atoms with van der Waals surface area (Å²) < 4.78 is 0.289. The Morgan fingerprint density at radius 2 is 2.42 bits per heavy atom. The van der Waals surface area contributed by atoms with Gasteiger partial charge in [0.2, 0.25) is 0 Å². The van der Waals surface area contributed by atoms with Crippen LogP contribution < -0.4 is 5.56 Å². The molecule has 0 aliphatic carbocycles. The maximum Gasteiger partial charge on any atom is 0.311 e. The fraction of sp³-hybridized carbons (Fsp3) is 0.167. The van der Waals surface area contributed by atoms with Gasteiger partial charge in [-0.25, -0.2) is 4.98 Å². The molecule has 1 rings (SSSR count). The molecule has 2 N–H and O–H groups in total. The van der Waals surface area contributed by atoms with Crippen molar-refractivity contribution >= 4 is 21.9 Å². The molecule has 0 saturated heterocycles. The molecule has 0 aliphatic rings. The summed E-state index contributed by atoms with van der Waals surface area (Å²) in [4.78, 5) is 27.1. The van der Waals surface area contributed by atoms with Crippen molar-refractivity contribution in [1.29, 1.82) is 0 Å². The minimum absolute atomic E-state index is 0.149. The SMILES string of the molecule is O=C(O)Cc1ncc(Br)c(=O)[nH]1. The predicted molar refractivity (Wildman–Crippen MR) is 43.9 cm³/mol. The van der Waals surface area contributed by atoms with Crippen molar-refractivity contribution in [2.45, 2.75) is 6.42 Å². The van der Waals surface area contributed by atoms with Crippen LogP contribution in [0, 0.1) is 0 Å². The van der Waals surface area contributed by atoms with E-state index >= 15 is 0 Å². The molecular weight excluding hydrogens is 228 g/mol. The largest absolute Gasteiger partial charge is 0.481 e. The Balaban J connectivity index is 2.97. The molecule has 0 bridgehead atoms. The van der Waals surface area contributed by atoms with Crippen LogP contribution in [0.5, 0.6) is 0 Å². The van der Waals surface area contributed by atoms with Gasteiger partial charge in [0, 0.05) is 6.20 Å². The highest BCUT2D eigenvalue weighted by Crippen LogP contribution is 1.98. The number of aromatic nitrogens is 2. The van der Waals surface area contributed by atoms with Gasteiger partial charge in [0.05, 0.1) is 0 Å². The summed E-state index contributed by atoms with van der Waals surface area (Å²) in [6, 6.07) is 0. The van der Waals surface area contributed by atoms with Crippen molar-refractivity contribution in [3.8, 4) is 0 Å². The number of rotatable bonds is 2. The molecule has 12 heavy (non-hydrogen) atoms. The van der Waals surface area contributed by atoms with Gasteiger partial charge in [-0.05, 0) is 15.9 Å². The molecule has 1 aromatic rings. The molecule has 0 spiro atoms. The first-order chi connectivity index (χ1) is 5.59. The van der Waals surface area contributed by atoms with Crippen LogP contribution in [-0.4, -0.2) is 21.0 Å². The second-order valence-corrected chi connectivity index (χ2v) is 2.93. The van der Waals surface area contributed by atoms with Gasteiger partial charge >= 0.3 is 5.97 Å². The minimum Gasteiger partial charge on any atom is -0.481 e. The second kappa shape index (κ2) is 3.48. The average molecular weight is 233 g/mol. The number of H-pyrrole nitrogens is 1. The number of hydrogen-bond acceptors (Lipinski definition) is 3. The topological polar surface area (TPSA) is 83.0 Å². The van der Waals surface area contributed by atoms with Crippen molar-refractivity contribution in [2.24, 2.45) is 0 Å². The standard InChI is InChI=1S/C6H5BrN2O3/c7-3-2-8-4(1-5(10)11)9-6(3)12/h2H,1H2,(H,10,11)(H,8,9,12). The zero-order valence-corrected chi connectivity index (χ0v) is 7.46. The van der Waals surface area contributed by atoms with Crippen LogP contribution in [0.1, 0.15) is 5.82 Å². The second-order valence-electron chi connectivity index (χ2n) is 2.08. The van der Waals surface area contributed by atoms with E-state index in [4.69, 9.17) is 5.11 Å². The lowest BCUT2D eigenvalue weighted by Crippen LogP contribution is -2.14. The summed E-state index contributed by atoms with van der Waals surface area (Å²) in [6.07, 6.45) is 1.000. The van der Waals surface area contributed by atoms with E-state index in [9.17, 15) is 9.59 Å². The number of carboxylic acids is 1. The first-order valence-electron chi connectivity index (χ1n) is 3.05. The third-order valence-corrected chi connectivity index (χ3v) is 1.69. The summed E-state index contributed by atoms with van der Waals surface area (Å²) in [6.45, 7) is 0. The Kier molecular flexibility index (Phi) is 2.59. The molecule has 0 radical (unpaired) electrons. The molecular formula is C6H5BrN2O3. The smallest absolute Gasteiger partial charge is 0.311 e. The number of nitrogens with one attached hydrogen (secondary N) is 1. The van der Waals surface area contributed by atoms with E-state index in [1.165, 1.54) is 6.20 Å². The Morgan fingerprint density at radius 1 is 1.75 bits per heavy atom. The first kappa shape index (κ1) is 8.92. The quantitative estimate of drug-likeness (QED) is 0.762. The van der Waals surface area contributed by atoms with Gasteiger partial charge in [0.25, 0.3) is 5.56 Å². The summed E-state index contributed by atoms with van der Waals surface area (Å²) in [5.41, 5.74) is -0.374. The molecule has 0 saturated carbocycles. The highest BCUT2D eigenvalue weighted by Gasteiger charge is 2.03. The van der Waals surface area contributed by atoms with Crippen molar-refractivity contribution in [3.05, 3.63) is 26.8 Å². The van der Waals surface area contributed by atoms with Crippen LogP contribution >= 0.6 is 15.9 Å². The predicted octanol–water partition coefficient (Wildman–Crippen LogP) is 0.159. The molecule has 64 valence electrons. The van der Waals surface area contributed by atoms with E-state index in [1.807, 2.05) is 0 Å². The van der Waals surface area contributed by atoms with E-state index in [1.54, 1.807) is 0 Å². The zero-order valence-electron chi connectivity index (χ0n) is 5.87. The summed E-state index contributed by atoms with van der Waals surface area (Å²) in [7, 11) is 0. The Hall–Kier alpha value is -1.17. The third kappa shape index (κ3) is 2.16.